The van der Waals surface area contributed by atoms with Gasteiger partial charge in [-0.2, -0.15) is 5.10 Å². The zero-order valence-electron chi connectivity index (χ0n) is 13.0. The van der Waals surface area contributed by atoms with Gasteiger partial charge in [-0.25, -0.2) is 4.39 Å². The van der Waals surface area contributed by atoms with E-state index in [2.05, 4.69) is 5.10 Å². The van der Waals surface area contributed by atoms with Crippen molar-refractivity contribution < 1.29 is 9.18 Å². The normalized spacial score (nSPS) is 14.2. The van der Waals surface area contributed by atoms with E-state index in [1.807, 2.05) is 25.8 Å². The number of rotatable bonds is 2. The number of carbonyl (C=O) groups excluding carboxylic acids is 1. The molecule has 0 aliphatic carbocycles. The summed E-state index contributed by atoms with van der Waals surface area (Å²) in [5.74, 6) is -0.391. The molecule has 1 amide bonds. The maximum atomic E-state index is 13.5. The molecule has 0 radical (unpaired) electrons. The van der Waals surface area contributed by atoms with Gasteiger partial charge >= 0.3 is 0 Å². The number of likely N-dealkylation sites (N-methyl/N-ethyl adjacent to an activating group) is 1. The van der Waals surface area contributed by atoms with E-state index < -0.39 is 0 Å². The Kier molecular flexibility index (Phi) is 3.60. The maximum Gasteiger partial charge on any atom is 0.276 e. The predicted octanol–water partition coefficient (Wildman–Crippen LogP) is 2.45. The molecule has 6 heteroatoms. The van der Waals surface area contributed by atoms with Crippen LogP contribution in [0.15, 0.2) is 24.3 Å². The van der Waals surface area contributed by atoms with Gasteiger partial charge in [0.2, 0.25) is 0 Å². The molecule has 1 aromatic heterocycles. The molecule has 0 spiro atoms. The average molecular weight is 302 g/mol. The molecule has 0 unspecified atom stereocenters. The van der Waals surface area contributed by atoms with Crippen molar-refractivity contribution in [2.75, 3.05) is 29.9 Å². The summed E-state index contributed by atoms with van der Waals surface area (Å²) < 4.78 is 15.2. The van der Waals surface area contributed by atoms with Gasteiger partial charge in [-0.05, 0) is 38.1 Å². The summed E-state index contributed by atoms with van der Waals surface area (Å²) in [6.07, 6.45) is 0. The van der Waals surface area contributed by atoms with Crippen LogP contribution in [0.5, 0.6) is 0 Å². The van der Waals surface area contributed by atoms with Crippen molar-refractivity contribution in [1.29, 1.82) is 0 Å². The molecule has 1 aliphatic rings. The molecule has 0 atom stereocenters. The van der Waals surface area contributed by atoms with Crippen LogP contribution in [0.2, 0.25) is 0 Å². The number of nitrogens with zero attached hydrogens (tertiary/aromatic N) is 4. The summed E-state index contributed by atoms with van der Waals surface area (Å²) in [6, 6.07) is 6.32. The third-order valence-corrected chi connectivity index (χ3v) is 3.96. The topological polar surface area (TPSA) is 41.4 Å². The highest BCUT2D eigenvalue weighted by atomic mass is 19.1. The van der Waals surface area contributed by atoms with E-state index in [1.54, 1.807) is 21.7 Å². The van der Waals surface area contributed by atoms with Crippen LogP contribution in [0, 0.1) is 12.7 Å². The number of amides is 1. The minimum absolute atomic E-state index is 0.0941. The van der Waals surface area contributed by atoms with Gasteiger partial charge < -0.3 is 9.80 Å². The summed E-state index contributed by atoms with van der Waals surface area (Å²) >= 11 is 0. The molecule has 0 N–H and O–H groups in total. The molecule has 1 aromatic carbocycles. The number of fused-ring (bicyclic) bond motifs is 1. The minimum Gasteiger partial charge on any atom is -0.371 e. The maximum absolute atomic E-state index is 13.5. The summed E-state index contributed by atoms with van der Waals surface area (Å²) in [4.78, 5) is 16.6. The second-order valence-electron chi connectivity index (χ2n) is 5.50. The van der Waals surface area contributed by atoms with Crippen LogP contribution < -0.4 is 9.80 Å². The monoisotopic (exact) mass is 302 g/mol. The number of benzene rings is 1. The zero-order chi connectivity index (χ0) is 15.9. The number of carbonyl (C=O) groups is 1. The molecule has 116 valence electrons. The van der Waals surface area contributed by atoms with Crippen molar-refractivity contribution in [2.45, 2.75) is 20.4 Å². The summed E-state index contributed by atoms with van der Waals surface area (Å²) in [7, 11) is 1.90. The fourth-order valence-corrected chi connectivity index (χ4v) is 2.83. The number of halogens is 1. The van der Waals surface area contributed by atoms with Crippen molar-refractivity contribution in [3.63, 3.8) is 0 Å². The van der Waals surface area contributed by atoms with Gasteiger partial charge in [0.05, 0.1) is 17.1 Å². The Hall–Kier alpha value is -2.37. The first-order valence-corrected chi connectivity index (χ1v) is 7.38. The van der Waals surface area contributed by atoms with E-state index >= 15 is 0 Å². The summed E-state index contributed by atoms with van der Waals surface area (Å²) in [5.41, 5.74) is 2.86. The number of hydrogen-bond acceptors (Lipinski definition) is 3. The minimum atomic E-state index is -0.297. The standard InChI is InChI=1S/C16H19FN4O/c1-4-21-15(9-11(2)18-21)16(22)20-8-7-19(3)14-10-12(17)5-6-13(14)20/h5-6,9-10H,4,7-8H2,1-3H3. The highest BCUT2D eigenvalue weighted by Crippen LogP contribution is 2.33. The van der Waals surface area contributed by atoms with Crippen LogP contribution in [-0.4, -0.2) is 35.8 Å². The molecule has 0 bridgehead atoms. The highest BCUT2D eigenvalue weighted by Gasteiger charge is 2.28. The molecule has 22 heavy (non-hydrogen) atoms. The van der Waals surface area contributed by atoms with E-state index in [0.29, 0.717) is 25.3 Å². The largest absolute Gasteiger partial charge is 0.371 e. The third-order valence-electron chi connectivity index (χ3n) is 3.96. The Morgan fingerprint density at radius 1 is 1.27 bits per heavy atom. The second-order valence-corrected chi connectivity index (χ2v) is 5.50. The second kappa shape index (κ2) is 5.44. The van der Waals surface area contributed by atoms with Gasteiger partial charge in [-0.3, -0.25) is 9.48 Å². The lowest BCUT2D eigenvalue weighted by Gasteiger charge is -2.35. The molecule has 2 aromatic rings. The number of aryl methyl sites for hydroxylation is 2. The van der Waals surface area contributed by atoms with Gasteiger partial charge in [-0.1, -0.05) is 0 Å². The van der Waals surface area contributed by atoms with Crippen molar-refractivity contribution in [3.05, 3.63) is 41.5 Å². The Morgan fingerprint density at radius 2 is 2.05 bits per heavy atom. The van der Waals surface area contributed by atoms with Crippen LogP contribution in [0.1, 0.15) is 23.1 Å². The van der Waals surface area contributed by atoms with E-state index in [-0.39, 0.29) is 11.7 Å². The Labute approximate surface area is 128 Å². The molecule has 0 saturated heterocycles. The van der Waals surface area contributed by atoms with Crippen LogP contribution >= 0.6 is 0 Å². The molecular weight excluding hydrogens is 283 g/mol. The predicted molar refractivity (Wildman–Crippen MR) is 84.0 cm³/mol. The van der Waals surface area contributed by atoms with Crippen molar-refractivity contribution in [3.8, 4) is 0 Å². The molecule has 2 heterocycles. The van der Waals surface area contributed by atoms with Gasteiger partial charge in [0.1, 0.15) is 11.5 Å². The first-order chi connectivity index (χ1) is 10.5. The molecule has 0 saturated carbocycles. The molecular formula is C16H19FN4O. The average Bonchev–Trinajstić information content (AvgIpc) is 2.88. The lowest BCUT2D eigenvalue weighted by atomic mass is 10.1. The SMILES string of the molecule is CCn1nc(C)cc1C(=O)N1CCN(C)c2cc(F)ccc21. The van der Waals surface area contributed by atoms with Crippen LogP contribution in [0.4, 0.5) is 15.8 Å². The lowest BCUT2D eigenvalue weighted by molar-refractivity contribution is 0.0976. The van der Waals surface area contributed by atoms with Crippen molar-refractivity contribution in [1.82, 2.24) is 9.78 Å². The van der Waals surface area contributed by atoms with Crippen molar-refractivity contribution in [2.24, 2.45) is 0 Å². The fraction of sp³-hybridized carbons (Fsp3) is 0.375. The highest BCUT2D eigenvalue weighted by molar-refractivity contribution is 6.07. The third kappa shape index (κ3) is 2.34. The summed E-state index contributed by atoms with van der Waals surface area (Å²) in [6.45, 7) is 5.70. The zero-order valence-corrected chi connectivity index (χ0v) is 13.0. The molecule has 1 aliphatic heterocycles. The van der Waals surface area contributed by atoms with Crippen LogP contribution in [0.25, 0.3) is 0 Å². The van der Waals surface area contributed by atoms with Gasteiger partial charge in [0.15, 0.2) is 0 Å². The van der Waals surface area contributed by atoms with Crippen LogP contribution in [-0.2, 0) is 6.54 Å². The van der Waals surface area contributed by atoms with E-state index in [0.717, 1.165) is 17.1 Å². The molecule has 5 nitrogen and oxygen atoms in total. The Morgan fingerprint density at radius 3 is 2.77 bits per heavy atom. The van der Waals surface area contributed by atoms with E-state index in [9.17, 15) is 9.18 Å². The number of hydrogen-bond donors (Lipinski definition) is 0. The number of aromatic nitrogens is 2. The van der Waals surface area contributed by atoms with Gasteiger partial charge in [0.25, 0.3) is 5.91 Å². The van der Waals surface area contributed by atoms with E-state index in [1.165, 1.54) is 12.1 Å². The van der Waals surface area contributed by atoms with Crippen LogP contribution in [0.3, 0.4) is 0 Å². The molecule has 3 rings (SSSR count). The first kappa shape index (κ1) is 14.6. The molecule has 0 fully saturated rings. The van der Waals surface area contributed by atoms with Gasteiger partial charge in [-0.15, -0.1) is 0 Å². The lowest BCUT2D eigenvalue weighted by Crippen LogP contribution is -2.43. The Balaban J connectivity index is 2.02. The summed E-state index contributed by atoms with van der Waals surface area (Å²) in [5, 5.41) is 4.33. The van der Waals surface area contributed by atoms with Gasteiger partial charge in [0, 0.05) is 26.7 Å². The van der Waals surface area contributed by atoms with Crippen molar-refractivity contribution >= 4 is 17.3 Å². The Bertz CT molecular complexity index is 725. The smallest absolute Gasteiger partial charge is 0.276 e. The fourth-order valence-electron chi connectivity index (χ4n) is 2.83. The quantitative estimate of drug-likeness (QED) is 0.855. The number of anilines is 2. The van der Waals surface area contributed by atoms with E-state index in [4.69, 9.17) is 0 Å². The first-order valence-electron chi connectivity index (χ1n) is 7.38.